The summed E-state index contributed by atoms with van der Waals surface area (Å²) in [5, 5.41) is 0. The van der Waals surface area contributed by atoms with Crippen molar-refractivity contribution in [2.24, 2.45) is 16.2 Å². The summed E-state index contributed by atoms with van der Waals surface area (Å²) in [5.74, 6) is 0. The minimum absolute atomic E-state index is 0.250. The van der Waals surface area contributed by atoms with Gasteiger partial charge in [0, 0.05) is 0 Å². The fourth-order valence-corrected chi connectivity index (χ4v) is 0. The zero-order valence-electron chi connectivity index (χ0n) is 13.9. The first-order valence-corrected chi connectivity index (χ1v) is 13.8. The van der Waals surface area contributed by atoms with Gasteiger partial charge in [-0.2, -0.15) is 16.2 Å². The Balaban J connectivity index is -0.0000000739. The van der Waals surface area contributed by atoms with E-state index in [1.807, 2.05) is 0 Å². The molecule has 1 N–H and O–H groups in total. The van der Waals surface area contributed by atoms with E-state index in [1.54, 1.807) is 0 Å². The molecule has 0 heterocycles. The average Bonchev–Trinajstić information content (AvgIpc) is 1.71. The van der Waals surface area contributed by atoms with Gasteiger partial charge in [-0.15, -0.1) is 0 Å². The fourth-order valence-electron chi connectivity index (χ4n) is 0. The molecule has 0 bridgehead atoms. The van der Waals surface area contributed by atoms with E-state index in [4.69, 9.17) is 3.91 Å². The molecule has 0 spiro atoms. The molecule has 0 rings (SSSR count). The average molecular weight is 492 g/mol. The van der Waals surface area contributed by atoms with Gasteiger partial charge in [0.05, 0.1) is 0 Å². The molecule has 0 radical (unpaired) electrons. The molecule has 1 nitrogen and oxygen atoms in total. The molecule has 0 aromatic heterocycles. The first-order chi connectivity index (χ1) is 7.41. The molecule has 0 aliphatic rings. The SMILES string of the molecule is [CH2-]C(C)(C)C.[CH2-]C(C)(C)C.[CH2-]C(C)(C)C.[NH]=[W][Br]. The van der Waals surface area contributed by atoms with Gasteiger partial charge in [0.25, 0.3) is 0 Å². The molecule has 0 aliphatic carbocycles. The molecule has 0 atom stereocenters. The Morgan fingerprint density at radius 1 is 0.667 bits per heavy atom. The van der Waals surface area contributed by atoms with Crippen LogP contribution < -0.4 is 0 Å². The van der Waals surface area contributed by atoms with Crippen LogP contribution in [0.3, 0.4) is 0 Å². The van der Waals surface area contributed by atoms with E-state index >= 15 is 0 Å². The third kappa shape index (κ3) is 4610. The first kappa shape index (κ1) is 27.3. The molecule has 0 aliphatic heterocycles. The fraction of sp³-hybridized carbons (Fsp3) is 0.800. The van der Waals surface area contributed by atoms with Gasteiger partial charge >= 0.3 is 33.5 Å². The molecular formula is C15H34BrNW-3. The Hall–Kier alpha value is 0.968. The van der Waals surface area contributed by atoms with E-state index in [0.29, 0.717) is 0 Å². The molecule has 0 aromatic rings. The van der Waals surface area contributed by atoms with Crippen LogP contribution in [0.25, 0.3) is 0 Å². The summed E-state index contributed by atoms with van der Waals surface area (Å²) >= 11 is 2.29. The summed E-state index contributed by atoms with van der Waals surface area (Å²) in [6.07, 6.45) is 0. The molecule has 0 unspecified atom stereocenters. The summed E-state index contributed by atoms with van der Waals surface area (Å²) < 4.78 is 6.29. The maximum atomic E-state index is 6.29. The Morgan fingerprint density at radius 2 is 0.667 bits per heavy atom. The van der Waals surface area contributed by atoms with Gasteiger partial charge in [-0.25, -0.2) is 0 Å². The quantitative estimate of drug-likeness (QED) is 0.363. The van der Waals surface area contributed by atoms with Crippen molar-refractivity contribution in [2.75, 3.05) is 0 Å². The first-order valence-electron chi connectivity index (χ1n) is 5.92. The van der Waals surface area contributed by atoms with E-state index < -0.39 is 16.3 Å². The Morgan fingerprint density at radius 3 is 0.667 bits per heavy atom. The molecule has 0 fully saturated rings. The van der Waals surface area contributed by atoms with Crippen molar-refractivity contribution in [3.8, 4) is 0 Å². The van der Waals surface area contributed by atoms with Crippen LogP contribution in [-0.2, 0) is 16.3 Å². The van der Waals surface area contributed by atoms with Crippen molar-refractivity contribution >= 4 is 13.3 Å². The Bertz CT molecular complexity index is 124. The molecule has 115 valence electrons. The minimum atomic E-state index is -0.688. The van der Waals surface area contributed by atoms with Crippen molar-refractivity contribution in [1.82, 2.24) is 0 Å². The van der Waals surface area contributed by atoms with Crippen molar-refractivity contribution in [3.05, 3.63) is 20.8 Å². The number of hydrogen-bond donors (Lipinski definition) is 1. The summed E-state index contributed by atoms with van der Waals surface area (Å²) in [4.78, 5) is 0. The summed E-state index contributed by atoms with van der Waals surface area (Å²) in [6.45, 7) is 30.0. The zero-order chi connectivity index (χ0) is 16.2. The normalized spacial score (nSPS) is 10.7. The monoisotopic (exact) mass is 491 g/mol. The van der Waals surface area contributed by atoms with Gasteiger partial charge in [-0.05, 0) is 0 Å². The standard InChI is InChI=1S/3C5H11.BrH.HN.W/c3*1-5(2,3)4;;;/h3*1H2,2-4H3;2*1H;/q3*-1;;;+1/p-1. The predicted molar refractivity (Wildman–Crippen MR) is 86.1 cm³/mol. The second-order valence-electron chi connectivity index (χ2n) is 7.76. The van der Waals surface area contributed by atoms with Gasteiger partial charge in [-0.1, -0.05) is 62.3 Å². The van der Waals surface area contributed by atoms with E-state index in [0.717, 1.165) is 0 Å². The van der Waals surface area contributed by atoms with Crippen molar-refractivity contribution < 1.29 is 16.3 Å². The van der Waals surface area contributed by atoms with E-state index in [9.17, 15) is 0 Å². The van der Waals surface area contributed by atoms with Gasteiger partial charge in [0.1, 0.15) is 0 Å². The third-order valence-electron chi connectivity index (χ3n) is 0. The van der Waals surface area contributed by atoms with Crippen molar-refractivity contribution in [2.45, 2.75) is 62.3 Å². The van der Waals surface area contributed by atoms with Gasteiger partial charge < -0.3 is 20.8 Å². The summed E-state index contributed by atoms with van der Waals surface area (Å²) in [6, 6.07) is 0. The number of hydrogen-bond acceptors (Lipinski definition) is 1. The number of halogens is 1. The number of nitrogens with one attached hydrogen (secondary N) is 1. The van der Waals surface area contributed by atoms with E-state index in [-0.39, 0.29) is 16.2 Å². The van der Waals surface area contributed by atoms with Gasteiger partial charge in [0.15, 0.2) is 0 Å². The van der Waals surface area contributed by atoms with Crippen molar-refractivity contribution in [1.29, 1.82) is 3.91 Å². The van der Waals surface area contributed by atoms with Gasteiger partial charge in [-0.3, -0.25) is 0 Å². The summed E-state index contributed by atoms with van der Waals surface area (Å²) in [7, 11) is 0. The molecule has 3 heteroatoms. The van der Waals surface area contributed by atoms with Crippen LogP contribution in [0.2, 0.25) is 0 Å². The molecular weight excluding hydrogens is 458 g/mol. The van der Waals surface area contributed by atoms with Crippen LogP contribution in [0.5, 0.6) is 0 Å². The van der Waals surface area contributed by atoms with E-state index in [2.05, 4.69) is 96.4 Å². The maximum absolute atomic E-state index is 6.29. The molecule has 0 amide bonds. The molecule has 0 saturated heterocycles. The Kier molecular flexibility index (Phi) is 19.7. The predicted octanol–water partition coefficient (Wildman–Crippen LogP) is 6.74. The van der Waals surface area contributed by atoms with Crippen LogP contribution >= 0.6 is 13.3 Å². The van der Waals surface area contributed by atoms with Crippen LogP contribution in [0, 0.1) is 40.9 Å². The van der Waals surface area contributed by atoms with Crippen LogP contribution in [0.1, 0.15) is 62.3 Å². The molecule has 18 heavy (non-hydrogen) atoms. The van der Waals surface area contributed by atoms with Crippen molar-refractivity contribution in [3.63, 3.8) is 0 Å². The Labute approximate surface area is 132 Å². The van der Waals surface area contributed by atoms with E-state index in [1.165, 1.54) is 0 Å². The second-order valence-corrected chi connectivity index (χ2v) is 11.0. The third-order valence-corrected chi connectivity index (χ3v) is 0. The second kappa shape index (κ2) is 13.0. The van der Waals surface area contributed by atoms with Crippen LogP contribution in [-0.4, -0.2) is 0 Å². The van der Waals surface area contributed by atoms with Crippen LogP contribution in [0.15, 0.2) is 0 Å². The topological polar surface area (TPSA) is 23.9 Å². The van der Waals surface area contributed by atoms with Gasteiger partial charge in [0.2, 0.25) is 0 Å². The molecule has 0 saturated carbocycles. The molecule has 0 aromatic carbocycles. The number of rotatable bonds is 0. The zero-order valence-corrected chi connectivity index (χ0v) is 18.4. The van der Waals surface area contributed by atoms with Crippen LogP contribution in [0.4, 0.5) is 0 Å². The summed E-state index contributed by atoms with van der Waals surface area (Å²) in [5.41, 5.74) is 0.750.